The van der Waals surface area contributed by atoms with Crippen molar-refractivity contribution in [1.82, 2.24) is 0 Å². The van der Waals surface area contributed by atoms with Gasteiger partial charge in [-0.2, -0.15) is 12.6 Å². The van der Waals surface area contributed by atoms with Crippen LogP contribution in [0.5, 0.6) is 0 Å². The van der Waals surface area contributed by atoms with E-state index in [0.717, 1.165) is 6.42 Å². The van der Waals surface area contributed by atoms with Crippen LogP contribution in [0.4, 0.5) is 0 Å². The quantitative estimate of drug-likeness (QED) is 0.151. The number of esters is 1. The van der Waals surface area contributed by atoms with Crippen LogP contribution in [0, 0.1) is 0 Å². The van der Waals surface area contributed by atoms with Crippen molar-refractivity contribution in [2.45, 2.75) is 116 Å². The molecule has 144 valence electrons. The number of thiol groups is 1. The lowest BCUT2D eigenvalue weighted by Crippen LogP contribution is -2.06. The molecule has 0 saturated carbocycles. The SMILES string of the molecule is CCCCCCCCCCCCCCCCCCOC(=O)CCS. The molecule has 0 aliphatic rings. The second kappa shape index (κ2) is 20.9. The predicted molar refractivity (Wildman–Crippen MR) is 109 cm³/mol. The molecule has 0 saturated heterocycles. The van der Waals surface area contributed by atoms with E-state index < -0.39 is 0 Å². The molecule has 0 aromatic heterocycles. The highest BCUT2D eigenvalue weighted by Crippen LogP contribution is 2.13. The van der Waals surface area contributed by atoms with Crippen LogP contribution in [0.1, 0.15) is 116 Å². The molecule has 0 spiro atoms. The second-order valence-corrected chi connectivity index (χ2v) is 7.44. The van der Waals surface area contributed by atoms with Crippen molar-refractivity contribution in [3.63, 3.8) is 0 Å². The standard InChI is InChI=1S/C21H42O2S/c1-2-3-4-5-6-7-8-9-10-11-12-13-14-15-16-17-19-23-21(22)18-20-24/h24H,2-20H2,1H3. The average molecular weight is 359 g/mol. The summed E-state index contributed by atoms with van der Waals surface area (Å²) in [7, 11) is 0. The van der Waals surface area contributed by atoms with Crippen LogP contribution in [0.3, 0.4) is 0 Å². The van der Waals surface area contributed by atoms with Gasteiger partial charge in [-0.3, -0.25) is 4.79 Å². The molecule has 3 heteroatoms. The Hall–Kier alpha value is -0.180. The summed E-state index contributed by atoms with van der Waals surface area (Å²) < 4.78 is 5.11. The smallest absolute Gasteiger partial charge is 0.306 e. The van der Waals surface area contributed by atoms with Gasteiger partial charge in [-0.1, -0.05) is 103 Å². The van der Waals surface area contributed by atoms with Gasteiger partial charge in [-0.25, -0.2) is 0 Å². The number of carbonyl (C=O) groups excluding carboxylic acids is 1. The van der Waals surface area contributed by atoms with Crippen molar-refractivity contribution >= 4 is 18.6 Å². The fraction of sp³-hybridized carbons (Fsp3) is 0.952. The zero-order valence-corrected chi connectivity index (χ0v) is 17.1. The fourth-order valence-corrected chi connectivity index (χ4v) is 3.18. The maximum Gasteiger partial charge on any atom is 0.306 e. The average Bonchev–Trinajstić information content (AvgIpc) is 2.58. The zero-order valence-electron chi connectivity index (χ0n) is 16.2. The molecule has 0 aromatic carbocycles. The Morgan fingerprint density at radius 2 is 1.04 bits per heavy atom. The van der Waals surface area contributed by atoms with Gasteiger partial charge in [-0.15, -0.1) is 0 Å². The first-order valence-corrected chi connectivity index (χ1v) is 11.2. The van der Waals surface area contributed by atoms with Crippen molar-refractivity contribution < 1.29 is 9.53 Å². The highest BCUT2D eigenvalue weighted by molar-refractivity contribution is 7.80. The normalized spacial score (nSPS) is 10.9. The summed E-state index contributed by atoms with van der Waals surface area (Å²) in [4.78, 5) is 11.1. The second-order valence-electron chi connectivity index (χ2n) is 7.00. The summed E-state index contributed by atoms with van der Waals surface area (Å²) in [6, 6.07) is 0. The number of carbonyl (C=O) groups is 1. The van der Waals surface area contributed by atoms with Crippen LogP contribution in [0.2, 0.25) is 0 Å². The largest absolute Gasteiger partial charge is 0.466 e. The zero-order chi connectivity index (χ0) is 17.7. The predicted octanol–water partition coefficient (Wildman–Crippen LogP) is 7.11. The van der Waals surface area contributed by atoms with Crippen molar-refractivity contribution in [2.75, 3.05) is 12.4 Å². The van der Waals surface area contributed by atoms with Crippen molar-refractivity contribution in [1.29, 1.82) is 0 Å². The summed E-state index contributed by atoms with van der Waals surface area (Å²) in [5.74, 6) is 0.476. The first-order valence-electron chi connectivity index (χ1n) is 10.6. The van der Waals surface area contributed by atoms with E-state index in [0.29, 0.717) is 18.8 Å². The van der Waals surface area contributed by atoms with Gasteiger partial charge in [0.1, 0.15) is 0 Å². The van der Waals surface area contributed by atoms with E-state index in [9.17, 15) is 4.79 Å². The Balaban J connectivity index is 3.01. The molecule has 0 radical (unpaired) electrons. The maximum atomic E-state index is 11.1. The van der Waals surface area contributed by atoms with E-state index in [4.69, 9.17) is 4.74 Å². The van der Waals surface area contributed by atoms with E-state index >= 15 is 0 Å². The third kappa shape index (κ3) is 19.9. The lowest BCUT2D eigenvalue weighted by atomic mass is 10.0. The van der Waals surface area contributed by atoms with Crippen molar-refractivity contribution in [3.8, 4) is 0 Å². The van der Waals surface area contributed by atoms with Crippen LogP contribution < -0.4 is 0 Å². The van der Waals surface area contributed by atoms with E-state index in [1.165, 1.54) is 96.3 Å². The molecular formula is C21H42O2S. The molecule has 0 aliphatic heterocycles. The van der Waals surface area contributed by atoms with Crippen LogP contribution >= 0.6 is 12.6 Å². The van der Waals surface area contributed by atoms with Crippen LogP contribution in [-0.4, -0.2) is 18.3 Å². The fourth-order valence-electron chi connectivity index (χ4n) is 3.00. The topological polar surface area (TPSA) is 26.3 Å². The number of hydrogen-bond acceptors (Lipinski definition) is 3. The molecule has 0 fully saturated rings. The van der Waals surface area contributed by atoms with Crippen molar-refractivity contribution in [3.05, 3.63) is 0 Å². The van der Waals surface area contributed by atoms with Crippen LogP contribution in [0.25, 0.3) is 0 Å². The van der Waals surface area contributed by atoms with E-state index in [2.05, 4.69) is 19.6 Å². The van der Waals surface area contributed by atoms with E-state index in [1.54, 1.807) is 0 Å². The number of rotatable bonds is 19. The Kier molecular flexibility index (Phi) is 20.7. The summed E-state index contributed by atoms with van der Waals surface area (Å²) in [6.07, 6.45) is 22.3. The summed E-state index contributed by atoms with van der Waals surface area (Å²) in [5, 5.41) is 0. The molecule has 0 heterocycles. The molecule has 0 unspecified atom stereocenters. The summed E-state index contributed by atoms with van der Waals surface area (Å²) in [5.41, 5.74) is 0. The van der Waals surface area contributed by atoms with E-state index in [-0.39, 0.29) is 5.97 Å². The third-order valence-corrected chi connectivity index (χ3v) is 4.80. The lowest BCUT2D eigenvalue weighted by Gasteiger charge is -2.04. The molecule has 0 bridgehead atoms. The molecule has 0 aromatic rings. The summed E-state index contributed by atoms with van der Waals surface area (Å²) >= 11 is 4.02. The first-order chi connectivity index (χ1) is 11.8. The molecule has 0 atom stereocenters. The Morgan fingerprint density at radius 3 is 1.42 bits per heavy atom. The van der Waals surface area contributed by atoms with Crippen LogP contribution in [-0.2, 0) is 9.53 Å². The van der Waals surface area contributed by atoms with Gasteiger partial charge in [0.25, 0.3) is 0 Å². The van der Waals surface area contributed by atoms with Gasteiger partial charge < -0.3 is 4.74 Å². The monoisotopic (exact) mass is 358 g/mol. The Labute approximate surface area is 156 Å². The van der Waals surface area contributed by atoms with Gasteiger partial charge in [0.15, 0.2) is 0 Å². The highest BCUT2D eigenvalue weighted by Gasteiger charge is 2.00. The molecule has 0 amide bonds. The van der Waals surface area contributed by atoms with Gasteiger partial charge in [0.2, 0.25) is 0 Å². The summed E-state index contributed by atoms with van der Waals surface area (Å²) in [6.45, 7) is 2.87. The van der Waals surface area contributed by atoms with Gasteiger partial charge in [0, 0.05) is 5.75 Å². The first kappa shape index (κ1) is 23.8. The van der Waals surface area contributed by atoms with Gasteiger partial charge >= 0.3 is 5.97 Å². The maximum absolute atomic E-state index is 11.1. The van der Waals surface area contributed by atoms with E-state index in [1.807, 2.05) is 0 Å². The number of unbranched alkanes of at least 4 members (excludes halogenated alkanes) is 15. The molecule has 24 heavy (non-hydrogen) atoms. The van der Waals surface area contributed by atoms with Crippen LogP contribution in [0.15, 0.2) is 0 Å². The Bertz CT molecular complexity index is 256. The van der Waals surface area contributed by atoms with Gasteiger partial charge in [-0.05, 0) is 6.42 Å². The molecule has 0 aliphatic carbocycles. The minimum atomic E-state index is -0.106. The van der Waals surface area contributed by atoms with Gasteiger partial charge in [0.05, 0.1) is 13.0 Å². The molecular weight excluding hydrogens is 316 g/mol. The minimum Gasteiger partial charge on any atom is -0.466 e. The third-order valence-electron chi connectivity index (χ3n) is 4.58. The Morgan fingerprint density at radius 1 is 0.667 bits per heavy atom. The minimum absolute atomic E-state index is 0.106. The molecule has 2 nitrogen and oxygen atoms in total. The number of hydrogen-bond donors (Lipinski definition) is 1. The molecule has 0 N–H and O–H groups in total. The highest BCUT2D eigenvalue weighted by atomic mass is 32.1. The lowest BCUT2D eigenvalue weighted by molar-refractivity contribution is -0.143. The molecule has 0 rings (SSSR count). The number of ether oxygens (including phenoxy) is 1. The van der Waals surface area contributed by atoms with Crippen molar-refractivity contribution in [2.24, 2.45) is 0 Å².